The number of rotatable bonds is 9. The second-order valence-corrected chi connectivity index (χ2v) is 7.84. The number of halogens is 2. The number of aromatic nitrogens is 3. The van der Waals surface area contributed by atoms with Crippen LogP contribution in [-0.4, -0.2) is 46.8 Å². The van der Waals surface area contributed by atoms with Crippen LogP contribution in [0.5, 0.6) is 0 Å². The molecule has 0 amide bonds. The average Bonchev–Trinajstić information content (AvgIpc) is 3.22. The van der Waals surface area contributed by atoms with E-state index in [9.17, 15) is 0 Å². The fourth-order valence-corrected chi connectivity index (χ4v) is 4.37. The predicted molar refractivity (Wildman–Crippen MR) is 102 cm³/mol. The zero-order chi connectivity index (χ0) is 18.5. The molecule has 7 nitrogen and oxygen atoms in total. The van der Waals surface area contributed by atoms with Gasteiger partial charge in [0.05, 0.1) is 31.3 Å². The van der Waals surface area contributed by atoms with Gasteiger partial charge < -0.3 is 23.1 Å². The molecular weight excluding hydrogens is 400 g/mol. The molecule has 1 fully saturated rings. The van der Waals surface area contributed by atoms with Gasteiger partial charge in [0.15, 0.2) is 8.38 Å². The average molecular weight is 422 g/mol. The van der Waals surface area contributed by atoms with E-state index >= 15 is 0 Å². The van der Waals surface area contributed by atoms with Gasteiger partial charge in [0.25, 0.3) is 0 Å². The Hall–Kier alpha value is -0.530. The Labute approximate surface area is 163 Å². The van der Waals surface area contributed by atoms with Crippen LogP contribution in [0.2, 0.25) is 10.4 Å². The number of hydrogen-bond acceptors (Lipinski definition) is 6. The Morgan fingerprint density at radius 2 is 2.00 bits per heavy atom. The molecule has 0 aromatic carbocycles. The highest BCUT2D eigenvalue weighted by Crippen LogP contribution is 2.38. The van der Waals surface area contributed by atoms with E-state index in [1.54, 1.807) is 0 Å². The van der Waals surface area contributed by atoms with Crippen LogP contribution in [0.3, 0.4) is 0 Å². The van der Waals surface area contributed by atoms with Crippen molar-refractivity contribution in [1.29, 1.82) is 0 Å². The molecular formula is C16H22Cl2N3O4P. The summed E-state index contributed by atoms with van der Waals surface area (Å²) in [7, 11) is -0.989. The van der Waals surface area contributed by atoms with Crippen LogP contribution in [0, 0.1) is 0 Å². The molecule has 0 N–H and O–H groups in total. The van der Waals surface area contributed by atoms with E-state index in [1.165, 1.54) is 0 Å². The number of fused-ring (bicyclic) bond motifs is 1. The van der Waals surface area contributed by atoms with Crippen LogP contribution in [-0.2, 0) is 18.5 Å². The first-order valence-corrected chi connectivity index (χ1v) is 10.7. The maximum Gasteiger partial charge on any atom is 0.225 e. The Kier molecular flexibility index (Phi) is 7.46. The molecule has 1 aliphatic heterocycles. The Bertz CT molecular complexity index is 727. The van der Waals surface area contributed by atoms with E-state index in [-0.39, 0.29) is 17.6 Å². The topological polar surface area (TPSA) is 67.6 Å². The minimum Gasteiger partial charge on any atom is -0.369 e. The predicted octanol–water partition coefficient (Wildman–Crippen LogP) is 4.77. The third kappa shape index (κ3) is 4.84. The van der Waals surface area contributed by atoms with Crippen LogP contribution in [0.1, 0.15) is 32.9 Å². The van der Waals surface area contributed by atoms with E-state index in [2.05, 4.69) is 9.97 Å². The summed E-state index contributed by atoms with van der Waals surface area (Å²) in [6.07, 6.45) is 4.01. The van der Waals surface area contributed by atoms with E-state index in [0.29, 0.717) is 37.0 Å². The van der Waals surface area contributed by atoms with Gasteiger partial charge in [0, 0.05) is 6.20 Å². The lowest BCUT2D eigenvalue weighted by Crippen LogP contribution is -2.17. The Morgan fingerprint density at radius 1 is 1.23 bits per heavy atom. The highest BCUT2D eigenvalue weighted by molar-refractivity contribution is 7.47. The summed E-state index contributed by atoms with van der Waals surface area (Å²) in [5, 5.41) is 1.23. The fourth-order valence-electron chi connectivity index (χ4n) is 2.88. The molecule has 0 saturated carbocycles. The fraction of sp³-hybridized carbons (Fsp3) is 0.625. The lowest BCUT2D eigenvalue weighted by molar-refractivity contribution is -0.0340. The number of ether oxygens (including phenoxy) is 2. The van der Waals surface area contributed by atoms with Crippen LogP contribution in [0.4, 0.5) is 0 Å². The third-order valence-corrected chi connectivity index (χ3v) is 5.88. The van der Waals surface area contributed by atoms with Crippen molar-refractivity contribution in [2.24, 2.45) is 0 Å². The van der Waals surface area contributed by atoms with Gasteiger partial charge in [-0.05, 0) is 44.4 Å². The third-order valence-electron chi connectivity index (χ3n) is 3.94. The zero-order valence-electron chi connectivity index (χ0n) is 14.7. The molecule has 2 unspecified atom stereocenters. The van der Waals surface area contributed by atoms with E-state index in [4.69, 9.17) is 41.7 Å². The summed E-state index contributed by atoms with van der Waals surface area (Å²) in [5.74, 6) is 0. The highest BCUT2D eigenvalue weighted by atomic mass is 35.5. The highest BCUT2D eigenvalue weighted by Gasteiger charge is 2.28. The molecule has 2 aromatic heterocycles. The van der Waals surface area contributed by atoms with Crippen molar-refractivity contribution in [2.75, 3.05) is 26.2 Å². The summed E-state index contributed by atoms with van der Waals surface area (Å²) < 4.78 is 24.9. The summed E-state index contributed by atoms with van der Waals surface area (Å²) in [5.41, 5.74) is 0.679. The van der Waals surface area contributed by atoms with Gasteiger partial charge in [0.1, 0.15) is 23.4 Å². The Balaban J connectivity index is 1.56. The second-order valence-electron chi connectivity index (χ2n) is 5.70. The molecule has 0 bridgehead atoms. The van der Waals surface area contributed by atoms with Crippen molar-refractivity contribution in [3.63, 3.8) is 0 Å². The summed E-state index contributed by atoms with van der Waals surface area (Å²) >= 11 is 12.1. The van der Waals surface area contributed by atoms with E-state index in [1.807, 2.05) is 30.7 Å². The first-order valence-electron chi connectivity index (χ1n) is 8.58. The zero-order valence-corrected chi connectivity index (χ0v) is 17.1. The molecule has 0 spiro atoms. The maximum absolute atomic E-state index is 6.13. The van der Waals surface area contributed by atoms with E-state index in [0.717, 1.165) is 18.2 Å². The number of hydrogen-bond donors (Lipinski definition) is 0. The first kappa shape index (κ1) is 20.2. The largest absolute Gasteiger partial charge is 0.369 e. The van der Waals surface area contributed by atoms with Crippen molar-refractivity contribution in [3.8, 4) is 0 Å². The lowest BCUT2D eigenvalue weighted by Gasteiger charge is -2.18. The molecule has 26 heavy (non-hydrogen) atoms. The maximum atomic E-state index is 6.13. The van der Waals surface area contributed by atoms with Gasteiger partial charge in [-0.3, -0.25) is 0 Å². The Morgan fingerprint density at radius 3 is 2.73 bits per heavy atom. The van der Waals surface area contributed by atoms with Crippen molar-refractivity contribution in [2.45, 2.75) is 39.0 Å². The van der Waals surface area contributed by atoms with Gasteiger partial charge in [-0.25, -0.2) is 4.98 Å². The van der Waals surface area contributed by atoms with Gasteiger partial charge in [-0.2, -0.15) is 4.98 Å². The smallest absolute Gasteiger partial charge is 0.225 e. The van der Waals surface area contributed by atoms with Crippen LogP contribution >= 0.6 is 31.6 Å². The summed E-state index contributed by atoms with van der Waals surface area (Å²) in [6.45, 7) is 5.63. The van der Waals surface area contributed by atoms with Gasteiger partial charge in [-0.1, -0.05) is 11.6 Å². The molecule has 10 heteroatoms. The molecule has 0 radical (unpaired) electrons. The van der Waals surface area contributed by atoms with Crippen LogP contribution in [0.15, 0.2) is 12.3 Å². The minimum absolute atomic E-state index is 0.0188. The lowest BCUT2D eigenvalue weighted by atomic mass is 10.2. The minimum atomic E-state index is -0.989. The molecule has 144 valence electrons. The molecule has 2 atom stereocenters. The molecule has 3 rings (SSSR count). The van der Waals surface area contributed by atoms with Crippen LogP contribution < -0.4 is 0 Å². The van der Waals surface area contributed by atoms with Gasteiger partial charge in [-0.15, -0.1) is 0 Å². The normalized spacial score (nSPS) is 20.5. The van der Waals surface area contributed by atoms with Gasteiger partial charge >= 0.3 is 0 Å². The van der Waals surface area contributed by atoms with Crippen molar-refractivity contribution < 1.29 is 18.5 Å². The van der Waals surface area contributed by atoms with Crippen molar-refractivity contribution in [1.82, 2.24) is 14.5 Å². The molecule has 1 aliphatic rings. The SMILES string of the molecule is CCOP(COCC1CCC(n2ccc3c(Cl)nc(Cl)nc32)O1)OCC. The molecule has 1 saturated heterocycles. The van der Waals surface area contributed by atoms with Crippen LogP contribution in [0.25, 0.3) is 11.0 Å². The second kappa shape index (κ2) is 9.60. The monoisotopic (exact) mass is 421 g/mol. The molecule has 0 aliphatic carbocycles. The molecule has 2 aromatic rings. The summed E-state index contributed by atoms with van der Waals surface area (Å²) in [6, 6.07) is 1.87. The van der Waals surface area contributed by atoms with Crippen molar-refractivity contribution >= 4 is 42.6 Å². The van der Waals surface area contributed by atoms with Crippen molar-refractivity contribution in [3.05, 3.63) is 22.7 Å². The number of nitrogens with zero attached hydrogens (tertiary/aromatic N) is 3. The van der Waals surface area contributed by atoms with Gasteiger partial charge in [0.2, 0.25) is 5.28 Å². The summed E-state index contributed by atoms with van der Waals surface area (Å²) in [4.78, 5) is 8.25. The first-order chi connectivity index (χ1) is 12.6. The standard InChI is InChI=1S/C16H22Cl2N3O4P/c1-3-23-26(24-4-2)10-22-9-11-5-6-13(25-11)21-8-7-12-14(17)19-16(18)20-15(12)21/h7-8,11,13H,3-6,9-10H2,1-2H3. The quantitative estimate of drug-likeness (QED) is 0.329. The van der Waals surface area contributed by atoms with E-state index < -0.39 is 8.38 Å². The molecule has 3 heterocycles.